The highest BCUT2D eigenvalue weighted by atomic mass is 32.1. The van der Waals surface area contributed by atoms with E-state index < -0.39 is 23.1 Å². The maximum Gasteiger partial charge on any atom is 0.337 e. The van der Waals surface area contributed by atoms with Gasteiger partial charge < -0.3 is 15.2 Å². The number of aromatic amines is 2. The van der Waals surface area contributed by atoms with E-state index in [1.807, 2.05) is 0 Å². The summed E-state index contributed by atoms with van der Waals surface area (Å²) in [5, 5.41) is 25.7. The molecule has 0 bridgehead atoms. The average Bonchev–Trinajstić information content (AvgIpc) is 2.37. The first-order valence-electron chi connectivity index (χ1n) is 5.28. The van der Waals surface area contributed by atoms with Crippen molar-refractivity contribution in [1.29, 1.82) is 0 Å². The normalized spacial score (nSPS) is 10.8. The van der Waals surface area contributed by atoms with Gasteiger partial charge in [0, 0.05) is 0 Å². The Morgan fingerprint density at radius 2 is 1.90 bits per heavy atom. The average molecular weight is 292 g/mol. The molecule has 0 aliphatic rings. The summed E-state index contributed by atoms with van der Waals surface area (Å²) in [6, 6.07) is 5.87. The number of nitrogens with one attached hydrogen (secondary N) is 2. The van der Waals surface area contributed by atoms with Gasteiger partial charge >= 0.3 is 5.97 Å². The van der Waals surface area contributed by atoms with Crippen LogP contribution in [0.2, 0.25) is 0 Å². The molecule has 0 atom stereocenters. The monoisotopic (exact) mass is 292 g/mol. The fourth-order valence-electron chi connectivity index (χ4n) is 1.41. The Balaban J connectivity index is 2.48. The van der Waals surface area contributed by atoms with Crippen LogP contribution in [-0.4, -0.2) is 26.2 Å². The first-order chi connectivity index (χ1) is 9.49. The van der Waals surface area contributed by atoms with Gasteiger partial charge in [-0.15, -0.1) is 10.2 Å². The van der Waals surface area contributed by atoms with Crippen molar-refractivity contribution in [1.82, 2.24) is 9.97 Å². The van der Waals surface area contributed by atoms with Gasteiger partial charge in [0.1, 0.15) is 5.69 Å². The lowest BCUT2D eigenvalue weighted by molar-refractivity contribution is 0.0698. The Bertz CT molecular complexity index is 809. The second-order valence-electron chi connectivity index (χ2n) is 3.63. The molecule has 0 spiro atoms. The quantitative estimate of drug-likeness (QED) is 0.509. The Labute approximate surface area is 116 Å². The highest BCUT2D eigenvalue weighted by molar-refractivity contribution is 7.71. The zero-order valence-electron chi connectivity index (χ0n) is 9.82. The minimum absolute atomic E-state index is 0.0567. The highest BCUT2D eigenvalue weighted by Crippen LogP contribution is 2.23. The number of H-pyrrole nitrogens is 2. The highest BCUT2D eigenvalue weighted by Gasteiger charge is 2.10. The minimum atomic E-state index is -1.18. The van der Waals surface area contributed by atoms with Crippen molar-refractivity contribution in [3.05, 3.63) is 45.0 Å². The summed E-state index contributed by atoms with van der Waals surface area (Å²) in [5.41, 5.74) is -1.14. The van der Waals surface area contributed by atoms with Gasteiger partial charge in [0.05, 0.1) is 5.56 Å². The van der Waals surface area contributed by atoms with Crippen molar-refractivity contribution in [2.24, 2.45) is 10.2 Å². The predicted molar refractivity (Wildman–Crippen MR) is 71.5 cm³/mol. The summed E-state index contributed by atoms with van der Waals surface area (Å²) in [6.45, 7) is 0. The van der Waals surface area contributed by atoms with Crippen LogP contribution in [0.5, 0.6) is 5.88 Å². The van der Waals surface area contributed by atoms with Gasteiger partial charge in [0.25, 0.3) is 5.56 Å². The van der Waals surface area contributed by atoms with E-state index in [-0.39, 0.29) is 16.0 Å². The largest absolute Gasteiger partial charge is 0.493 e. The summed E-state index contributed by atoms with van der Waals surface area (Å²) in [7, 11) is 0. The van der Waals surface area contributed by atoms with Crippen molar-refractivity contribution in [3.63, 3.8) is 0 Å². The minimum Gasteiger partial charge on any atom is -0.493 e. The van der Waals surface area contributed by atoms with Gasteiger partial charge in [0.15, 0.2) is 4.77 Å². The Hall–Kier alpha value is -2.81. The lowest BCUT2D eigenvalue weighted by atomic mass is 10.2. The molecule has 4 N–H and O–H groups in total. The van der Waals surface area contributed by atoms with Crippen molar-refractivity contribution in [2.45, 2.75) is 0 Å². The smallest absolute Gasteiger partial charge is 0.337 e. The molecule has 102 valence electrons. The number of aromatic carboxylic acids is 1. The van der Waals surface area contributed by atoms with Gasteiger partial charge in [-0.3, -0.25) is 9.78 Å². The number of hydrogen-bond acceptors (Lipinski definition) is 6. The third kappa shape index (κ3) is 2.78. The van der Waals surface area contributed by atoms with Crippen LogP contribution in [0.25, 0.3) is 0 Å². The molecule has 9 heteroatoms. The molecular weight excluding hydrogens is 284 g/mol. The predicted octanol–water partition coefficient (Wildman–Crippen LogP) is 2.25. The fourth-order valence-corrected chi connectivity index (χ4v) is 1.60. The van der Waals surface area contributed by atoms with Gasteiger partial charge in [0.2, 0.25) is 11.6 Å². The zero-order valence-corrected chi connectivity index (χ0v) is 10.6. The number of hydrogen-bond donors (Lipinski definition) is 4. The second-order valence-corrected chi connectivity index (χ2v) is 4.04. The maximum absolute atomic E-state index is 11.5. The summed E-state index contributed by atoms with van der Waals surface area (Å²) in [6.07, 6.45) is 0. The SMILES string of the molecule is O=C(O)c1ccccc1N=Nc1c(O)[nH]c(=S)[nH]c1=O. The third-order valence-electron chi connectivity index (χ3n) is 2.29. The molecule has 1 aromatic carbocycles. The number of carboxylic acids is 1. The number of carboxylic acid groups (broad SMARTS) is 1. The van der Waals surface area contributed by atoms with E-state index in [0.29, 0.717) is 0 Å². The van der Waals surface area contributed by atoms with E-state index in [1.165, 1.54) is 18.2 Å². The summed E-state index contributed by atoms with van der Waals surface area (Å²) >= 11 is 4.66. The first-order valence-corrected chi connectivity index (χ1v) is 5.69. The lowest BCUT2D eigenvalue weighted by Crippen LogP contribution is -2.06. The van der Waals surface area contributed by atoms with Crippen LogP contribution >= 0.6 is 12.2 Å². The number of rotatable bonds is 3. The molecular formula is C11H8N4O4S. The second kappa shape index (κ2) is 5.45. The van der Waals surface area contributed by atoms with Gasteiger partial charge in [-0.25, -0.2) is 4.79 Å². The molecule has 0 aliphatic heterocycles. The van der Waals surface area contributed by atoms with Crippen LogP contribution in [-0.2, 0) is 0 Å². The third-order valence-corrected chi connectivity index (χ3v) is 2.49. The lowest BCUT2D eigenvalue weighted by Gasteiger charge is -1.99. The Morgan fingerprint density at radius 3 is 2.55 bits per heavy atom. The molecule has 0 aliphatic carbocycles. The van der Waals surface area contributed by atoms with Crippen molar-refractivity contribution in [3.8, 4) is 5.88 Å². The molecule has 0 fully saturated rings. The molecule has 8 nitrogen and oxygen atoms in total. The van der Waals surface area contributed by atoms with E-state index in [2.05, 4.69) is 32.4 Å². The van der Waals surface area contributed by atoms with Crippen LogP contribution < -0.4 is 5.56 Å². The molecule has 2 rings (SSSR count). The summed E-state index contributed by atoms with van der Waals surface area (Å²) in [5.74, 6) is -1.72. The van der Waals surface area contributed by atoms with Crippen molar-refractivity contribution >= 4 is 29.6 Å². The van der Waals surface area contributed by atoms with Gasteiger partial charge in [-0.05, 0) is 24.4 Å². The molecule has 0 saturated carbocycles. The van der Waals surface area contributed by atoms with E-state index in [1.54, 1.807) is 6.07 Å². The Morgan fingerprint density at radius 1 is 1.20 bits per heavy atom. The molecule has 1 aromatic heterocycles. The summed E-state index contributed by atoms with van der Waals surface area (Å²) < 4.78 is -0.0580. The van der Waals surface area contributed by atoms with E-state index >= 15 is 0 Å². The fraction of sp³-hybridized carbons (Fsp3) is 0. The number of benzene rings is 1. The number of aromatic hydroxyl groups is 1. The van der Waals surface area contributed by atoms with Crippen LogP contribution in [0.3, 0.4) is 0 Å². The van der Waals surface area contributed by atoms with Crippen LogP contribution in [0.1, 0.15) is 10.4 Å². The van der Waals surface area contributed by atoms with Crippen LogP contribution in [0.15, 0.2) is 39.3 Å². The molecule has 0 radical (unpaired) electrons. The molecule has 0 saturated heterocycles. The van der Waals surface area contributed by atoms with E-state index in [4.69, 9.17) is 5.11 Å². The first kappa shape index (κ1) is 13.6. The van der Waals surface area contributed by atoms with E-state index in [9.17, 15) is 14.7 Å². The number of aromatic nitrogens is 2. The Kier molecular flexibility index (Phi) is 3.71. The van der Waals surface area contributed by atoms with E-state index in [0.717, 1.165) is 0 Å². The molecule has 2 aromatic rings. The molecule has 20 heavy (non-hydrogen) atoms. The van der Waals surface area contributed by atoms with Gasteiger partial charge in [-0.2, -0.15) is 0 Å². The molecule has 0 unspecified atom stereocenters. The molecule has 0 amide bonds. The van der Waals surface area contributed by atoms with Crippen LogP contribution in [0.4, 0.5) is 11.4 Å². The number of nitrogens with zero attached hydrogens (tertiary/aromatic N) is 2. The maximum atomic E-state index is 11.5. The standard InChI is InChI=1S/C11H8N4O4S/c16-8-7(9(17)13-11(20)12-8)15-14-6-4-2-1-3-5(6)10(18)19/h1-4H,(H,18,19)(H3,12,13,16,17,20). The zero-order chi connectivity index (χ0) is 14.7. The number of azo groups is 1. The van der Waals surface area contributed by atoms with Crippen molar-refractivity contribution in [2.75, 3.05) is 0 Å². The van der Waals surface area contributed by atoms with Gasteiger partial charge in [-0.1, -0.05) is 12.1 Å². The summed E-state index contributed by atoms with van der Waals surface area (Å²) in [4.78, 5) is 27.0. The van der Waals surface area contributed by atoms with Crippen molar-refractivity contribution < 1.29 is 15.0 Å². The molecule has 1 heterocycles. The van der Waals surface area contributed by atoms with Crippen LogP contribution in [0, 0.1) is 4.77 Å². The number of carbonyl (C=O) groups is 1. The topological polar surface area (TPSA) is 131 Å².